The lowest BCUT2D eigenvalue weighted by Gasteiger charge is -2.11. The second-order valence-corrected chi connectivity index (χ2v) is 4.95. The van der Waals surface area contributed by atoms with Gasteiger partial charge in [-0.1, -0.05) is 17.7 Å². The first-order valence-electron chi connectivity index (χ1n) is 6.59. The molecule has 0 saturated carbocycles. The van der Waals surface area contributed by atoms with Crippen LogP contribution in [0, 0.1) is 6.92 Å². The number of aryl methyl sites for hydroxylation is 1. The zero-order valence-corrected chi connectivity index (χ0v) is 11.6. The van der Waals surface area contributed by atoms with Crippen LogP contribution in [0.25, 0.3) is 10.9 Å². The maximum atomic E-state index is 12.8. The summed E-state index contributed by atoms with van der Waals surface area (Å²) in [6.07, 6.45) is -2.99. The number of nitrogens with zero attached hydrogens (tertiary/aromatic N) is 2. The largest absolute Gasteiger partial charge is 0.416 e. The van der Waals surface area contributed by atoms with E-state index in [1.54, 1.807) is 6.07 Å². The lowest BCUT2D eigenvalue weighted by atomic mass is 10.1. The summed E-state index contributed by atoms with van der Waals surface area (Å²) in [6.45, 7) is 1.93. The van der Waals surface area contributed by atoms with Crippen molar-refractivity contribution in [3.05, 3.63) is 59.9 Å². The summed E-state index contributed by atoms with van der Waals surface area (Å²) in [5.74, 6) is 0.480. The van der Waals surface area contributed by atoms with Crippen LogP contribution >= 0.6 is 0 Å². The van der Waals surface area contributed by atoms with Crippen LogP contribution in [0.2, 0.25) is 0 Å². The molecule has 0 fully saturated rings. The minimum Gasteiger partial charge on any atom is -0.340 e. The summed E-state index contributed by atoms with van der Waals surface area (Å²) in [5.41, 5.74) is 1.38. The first-order chi connectivity index (χ1) is 10.4. The lowest BCUT2D eigenvalue weighted by molar-refractivity contribution is -0.137. The average Bonchev–Trinajstić information content (AvgIpc) is 2.47. The van der Waals surface area contributed by atoms with E-state index in [1.165, 1.54) is 12.4 Å². The normalized spacial score (nSPS) is 11.6. The molecule has 1 aromatic heterocycles. The van der Waals surface area contributed by atoms with Crippen molar-refractivity contribution in [3.63, 3.8) is 0 Å². The van der Waals surface area contributed by atoms with Crippen LogP contribution in [0.1, 0.15) is 11.1 Å². The molecule has 0 amide bonds. The average molecular weight is 303 g/mol. The van der Waals surface area contributed by atoms with Gasteiger partial charge in [-0.15, -0.1) is 0 Å². The summed E-state index contributed by atoms with van der Waals surface area (Å²) in [7, 11) is 0. The van der Waals surface area contributed by atoms with Gasteiger partial charge in [0.15, 0.2) is 0 Å². The number of alkyl halides is 3. The number of halogens is 3. The smallest absolute Gasteiger partial charge is 0.340 e. The summed E-state index contributed by atoms with van der Waals surface area (Å²) < 4.78 is 38.3. The Kier molecular flexibility index (Phi) is 3.44. The van der Waals surface area contributed by atoms with Crippen molar-refractivity contribution in [3.8, 4) is 0 Å². The topological polar surface area (TPSA) is 37.8 Å². The minimum absolute atomic E-state index is 0.330. The molecular formula is C16H12F3N3. The Morgan fingerprint density at radius 1 is 1.00 bits per heavy atom. The Bertz CT molecular complexity index is 828. The molecule has 0 bridgehead atoms. The molecule has 3 nitrogen and oxygen atoms in total. The number of benzene rings is 2. The van der Waals surface area contributed by atoms with Crippen molar-refractivity contribution < 1.29 is 13.2 Å². The monoisotopic (exact) mass is 303 g/mol. The number of fused-ring (bicyclic) bond motifs is 1. The van der Waals surface area contributed by atoms with Crippen LogP contribution in [0.3, 0.4) is 0 Å². The van der Waals surface area contributed by atoms with E-state index in [4.69, 9.17) is 0 Å². The third-order valence-electron chi connectivity index (χ3n) is 3.24. The number of hydrogen-bond donors (Lipinski definition) is 1. The molecule has 0 spiro atoms. The molecular weight excluding hydrogens is 291 g/mol. The highest BCUT2D eigenvalue weighted by atomic mass is 19.4. The van der Waals surface area contributed by atoms with Crippen LogP contribution in [-0.4, -0.2) is 9.97 Å². The number of nitrogens with one attached hydrogen (secondary N) is 1. The zero-order valence-electron chi connectivity index (χ0n) is 11.6. The fourth-order valence-electron chi connectivity index (χ4n) is 2.18. The molecule has 3 rings (SSSR count). The third kappa shape index (κ3) is 2.86. The molecule has 1 N–H and O–H groups in total. The zero-order chi connectivity index (χ0) is 15.7. The van der Waals surface area contributed by atoms with E-state index in [0.717, 1.165) is 28.6 Å². The van der Waals surface area contributed by atoms with Gasteiger partial charge >= 0.3 is 6.18 Å². The maximum Gasteiger partial charge on any atom is 0.416 e. The number of aromatic nitrogens is 2. The van der Waals surface area contributed by atoms with E-state index in [9.17, 15) is 13.2 Å². The molecule has 6 heteroatoms. The molecule has 22 heavy (non-hydrogen) atoms. The summed E-state index contributed by atoms with van der Waals surface area (Å²) in [5, 5.41) is 3.70. The van der Waals surface area contributed by atoms with E-state index >= 15 is 0 Å². The van der Waals surface area contributed by atoms with Crippen molar-refractivity contribution in [1.29, 1.82) is 0 Å². The van der Waals surface area contributed by atoms with Crippen LogP contribution in [0.15, 0.2) is 48.8 Å². The Labute approximate surface area is 124 Å². The van der Waals surface area contributed by atoms with Gasteiger partial charge in [-0.25, -0.2) is 9.97 Å². The fourth-order valence-corrected chi connectivity index (χ4v) is 2.18. The Hall–Kier alpha value is -2.63. The number of anilines is 2. The first kappa shape index (κ1) is 14.3. The van der Waals surface area contributed by atoms with Crippen molar-refractivity contribution >= 4 is 22.4 Å². The van der Waals surface area contributed by atoms with Crippen molar-refractivity contribution in [2.75, 3.05) is 5.32 Å². The third-order valence-corrected chi connectivity index (χ3v) is 3.24. The molecule has 3 aromatic rings. The van der Waals surface area contributed by atoms with E-state index < -0.39 is 11.7 Å². The van der Waals surface area contributed by atoms with Crippen molar-refractivity contribution in [2.24, 2.45) is 0 Å². The van der Waals surface area contributed by atoms with E-state index in [-0.39, 0.29) is 0 Å². The number of hydrogen-bond acceptors (Lipinski definition) is 3. The van der Waals surface area contributed by atoms with Gasteiger partial charge in [0, 0.05) is 11.1 Å². The summed E-state index contributed by atoms with van der Waals surface area (Å²) >= 11 is 0. The molecule has 0 saturated heterocycles. The number of rotatable bonds is 2. The molecule has 1 heterocycles. The van der Waals surface area contributed by atoms with Crippen molar-refractivity contribution in [2.45, 2.75) is 13.1 Å². The van der Waals surface area contributed by atoms with Crippen LogP contribution in [0.5, 0.6) is 0 Å². The van der Waals surface area contributed by atoms with Crippen LogP contribution in [0.4, 0.5) is 24.7 Å². The van der Waals surface area contributed by atoms with Gasteiger partial charge < -0.3 is 5.32 Å². The van der Waals surface area contributed by atoms with Gasteiger partial charge in [-0.2, -0.15) is 13.2 Å². The van der Waals surface area contributed by atoms with Crippen LogP contribution < -0.4 is 5.32 Å². The summed E-state index contributed by atoms with van der Waals surface area (Å²) in [4.78, 5) is 8.28. The van der Waals surface area contributed by atoms with Gasteiger partial charge in [-0.3, -0.25) is 0 Å². The van der Waals surface area contributed by atoms with Crippen molar-refractivity contribution in [1.82, 2.24) is 9.97 Å². The standard InChI is InChI=1S/C16H12F3N3/c1-10-5-6-14-13(7-10)15(21-9-20-14)22-12-4-2-3-11(8-12)16(17,18)19/h2-9H,1H3,(H,20,21,22). The van der Waals surface area contributed by atoms with E-state index in [1.807, 2.05) is 25.1 Å². The highest BCUT2D eigenvalue weighted by molar-refractivity contribution is 5.91. The predicted molar refractivity (Wildman–Crippen MR) is 79.0 cm³/mol. The SMILES string of the molecule is Cc1ccc2ncnc(Nc3cccc(C(F)(F)F)c3)c2c1. The molecule has 0 atom stereocenters. The summed E-state index contributed by atoms with van der Waals surface area (Å²) in [6, 6.07) is 10.7. The lowest BCUT2D eigenvalue weighted by Crippen LogP contribution is -2.05. The van der Waals surface area contributed by atoms with E-state index in [2.05, 4.69) is 15.3 Å². The highest BCUT2D eigenvalue weighted by Crippen LogP contribution is 2.32. The second kappa shape index (κ2) is 5.29. The van der Waals surface area contributed by atoms with Gasteiger partial charge in [-0.05, 0) is 37.3 Å². The minimum atomic E-state index is -4.37. The Balaban J connectivity index is 2.02. The highest BCUT2D eigenvalue weighted by Gasteiger charge is 2.30. The van der Waals surface area contributed by atoms with Gasteiger partial charge in [0.05, 0.1) is 11.1 Å². The molecule has 0 aliphatic rings. The fraction of sp³-hybridized carbons (Fsp3) is 0.125. The van der Waals surface area contributed by atoms with E-state index in [0.29, 0.717) is 11.5 Å². The molecule has 2 aromatic carbocycles. The molecule has 0 aliphatic heterocycles. The first-order valence-corrected chi connectivity index (χ1v) is 6.59. The second-order valence-electron chi connectivity index (χ2n) is 4.95. The predicted octanol–water partition coefficient (Wildman–Crippen LogP) is 4.70. The Morgan fingerprint density at radius 2 is 1.82 bits per heavy atom. The van der Waals surface area contributed by atoms with Crippen LogP contribution in [-0.2, 0) is 6.18 Å². The molecule has 0 radical (unpaired) electrons. The molecule has 0 unspecified atom stereocenters. The molecule has 0 aliphatic carbocycles. The maximum absolute atomic E-state index is 12.8. The van der Waals surface area contributed by atoms with Gasteiger partial charge in [0.2, 0.25) is 0 Å². The quantitative estimate of drug-likeness (QED) is 0.745. The molecule has 112 valence electrons. The van der Waals surface area contributed by atoms with Gasteiger partial charge in [0.1, 0.15) is 12.1 Å². The van der Waals surface area contributed by atoms with Gasteiger partial charge in [0.25, 0.3) is 0 Å². The Morgan fingerprint density at radius 3 is 2.59 bits per heavy atom.